The quantitative estimate of drug-likeness (QED) is 0.734. The summed E-state index contributed by atoms with van der Waals surface area (Å²) in [5.41, 5.74) is 2.05. The number of benzene rings is 1. The molecule has 0 aliphatic heterocycles. The van der Waals surface area contributed by atoms with Crippen molar-refractivity contribution < 1.29 is 9.53 Å². The maximum atomic E-state index is 10.8. The Kier molecular flexibility index (Phi) is 3.85. The number of hydrogen-bond acceptors (Lipinski definition) is 2. The molecule has 0 aromatic heterocycles. The van der Waals surface area contributed by atoms with Gasteiger partial charge in [0.1, 0.15) is 5.60 Å². The van der Waals surface area contributed by atoms with Gasteiger partial charge in [0.2, 0.25) is 0 Å². The summed E-state index contributed by atoms with van der Waals surface area (Å²) < 4.78 is 5.46. The van der Waals surface area contributed by atoms with Crippen LogP contribution in [0.5, 0.6) is 0 Å². The summed E-state index contributed by atoms with van der Waals surface area (Å²) in [6.45, 7) is 6.52. The number of carbonyl (C=O) groups excluding carboxylic acids is 1. The Balaban J connectivity index is 2.24. The molecule has 1 aliphatic rings. The number of hydrogen-bond donors (Lipinski definition) is 0. The SMILES string of the molecule is C=Cc1ccc(C(C)C2(OC=O)CCCC2)cc1. The van der Waals surface area contributed by atoms with Crippen LogP contribution in [0.25, 0.3) is 6.08 Å². The van der Waals surface area contributed by atoms with Gasteiger partial charge in [0.05, 0.1) is 0 Å². The lowest BCUT2D eigenvalue weighted by Gasteiger charge is -2.34. The first-order chi connectivity index (χ1) is 8.72. The van der Waals surface area contributed by atoms with Gasteiger partial charge in [-0.1, -0.05) is 43.8 Å². The zero-order valence-electron chi connectivity index (χ0n) is 10.9. The summed E-state index contributed by atoms with van der Waals surface area (Å²) in [5.74, 6) is 0.240. The van der Waals surface area contributed by atoms with Crippen molar-refractivity contribution in [2.24, 2.45) is 0 Å². The van der Waals surface area contributed by atoms with Crippen molar-refractivity contribution in [1.82, 2.24) is 0 Å². The van der Waals surface area contributed by atoms with Gasteiger partial charge >= 0.3 is 0 Å². The highest BCUT2D eigenvalue weighted by Gasteiger charge is 2.41. The highest BCUT2D eigenvalue weighted by molar-refractivity contribution is 5.48. The molecule has 0 amide bonds. The summed E-state index contributed by atoms with van der Waals surface area (Å²) in [6, 6.07) is 8.33. The molecule has 1 aromatic carbocycles. The summed E-state index contributed by atoms with van der Waals surface area (Å²) in [6.07, 6.45) is 6.06. The zero-order valence-corrected chi connectivity index (χ0v) is 10.9. The number of rotatable bonds is 5. The van der Waals surface area contributed by atoms with E-state index in [-0.39, 0.29) is 11.5 Å². The minimum Gasteiger partial charge on any atom is -0.461 e. The normalized spacial score (nSPS) is 19.2. The third-order valence-electron chi connectivity index (χ3n) is 4.19. The summed E-state index contributed by atoms with van der Waals surface area (Å²) >= 11 is 0. The maximum Gasteiger partial charge on any atom is 0.293 e. The molecule has 2 heteroatoms. The number of ether oxygens (including phenoxy) is 1. The Bertz CT molecular complexity index is 413. The largest absolute Gasteiger partial charge is 0.461 e. The van der Waals surface area contributed by atoms with Crippen LogP contribution in [-0.4, -0.2) is 12.1 Å². The van der Waals surface area contributed by atoms with E-state index in [4.69, 9.17) is 4.74 Å². The van der Waals surface area contributed by atoms with Gasteiger partial charge in [0.25, 0.3) is 6.47 Å². The third kappa shape index (κ3) is 2.33. The van der Waals surface area contributed by atoms with E-state index in [0.717, 1.165) is 31.2 Å². The van der Waals surface area contributed by atoms with Gasteiger partial charge in [0, 0.05) is 5.92 Å². The van der Waals surface area contributed by atoms with E-state index in [1.165, 1.54) is 5.56 Å². The lowest BCUT2D eigenvalue weighted by molar-refractivity contribution is -0.145. The van der Waals surface area contributed by atoms with Crippen molar-refractivity contribution in [3.8, 4) is 0 Å². The first-order valence-electron chi connectivity index (χ1n) is 6.56. The van der Waals surface area contributed by atoms with E-state index in [2.05, 4.69) is 37.8 Å². The Hall–Kier alpha value is -1.57. The smallest absolute Gasteiger partial charge is 0.293 e. The molecule has 0 spiro atoms. The minimum absolute atomic E-state index is 0.240. The predicted molar refractivity (Wildman–Crippen MR) is 73.3 cm³/mol. The molecule has 0 bridgehead atoms. The Morgan fingerprint density at radius 1 is 1.28 bits per heavy atom. The molecular weight excluding hydrogens is 224 g/mol. The topological polar surface area (TPSA) is 26.3 Å². The van der Waals surface area contributed by atoms with Crippen molar-refractivity contribution in [1.29, 1.82) is 0 Å². The molecule has 1 aromatic rings. The van der Waals surface area contributed by atoms with Gasteiger partial charge < -0.3 is 4.74 Å². The van der Waals surface area contributed by atoms with Crippen LogP contribution in [0.2, 0.25) is 0 Å². The average molecular weight is 244 g/mol. The van der Waals surface area contributed by atoms with Crippen LogP contribution in [-0.2, 0) is 9.53 Å². The molecule has 1 unspecified atom stereocenters. The molecule has 0 N–H and O–H groups in total. The average Bonchev–Trinajstić information content (AvgIpc) is 2.88. The van der Waals surface area contributed by atoms with Crippen molar-refractivity contribution >= 4 is 12.5 Å². The van der Waals surface area contributed by atoms with Crippen molar-refractivity contribution in [3.05, 3.63) is 42.0 Å². The third-order valence-corrected chi connectivity index (χ3v) is 4.19. The van der Waals surface area contributed by atoms with Gasteiger partial charge in [-0.25, -0.2) is 0 Å². The minimum atomic E-state index is -0.294. The monoisotopic (exact) mass is 244 g/mol. The Labute approximate surface area is 109 Å². The van der Waals surface area contributed by atoms with E-state index in [1.54, 1.807) is 0 Å². The molecule has 1 fully saturated rings. The highest BCUT2D eigenvalue weighted by atomic mass is 16.5. The van der Waals surface area contributed by atoms with Gasteiger partial charge in [-0.15, -0.1) is 0 Å². The fraction of sp³-hybridized carbons (Fsp3) is 0.438. The number of carbonyl (C=O) groups is 1. The molecule has 0 saturated heterocycles. The van der Waals surface area contributed by atoms with Crippen LogP contribution in [0.3, 0.4) is 0 Å². The second kappa shape index (κ2) is 5.38. The van der Waals surface area contributed by atoms with E-state index >= 15 is 0 Å². The standard InChI is InChI=1S/C16H20O2/c1-3-14-6-8-15(9-7-14)13(2)16(18-12-17)10-4-5-11-16/h3,6-9,12-13H,1,4-5,10-11H2,2H3. The van der Waals surface area contributed by atoms with E-state index in [0.29, 0.717) is 6.47 Å². The van der Waals surface area contributed by atoms with E-state index in [1.807, 2.05) is 6.08 Å². The molecule has 2 rings (SSSR count). The molecule has 96 valence electrons. The van der Waals surface area contributed by atoms with Gasteiger partial charge in [-0.2, -0.15) is 0 Å². The first-order valence-corrected chi connectivity index (χ1v) is 6.56. The molecular formula is C16H20O2. The zero-order chi connectivity index (χ0) is 13.0. The molecule has 1 saturated carbocycles. The van der Waals surface area contributed by atoms with Crippen LogP contribution in [0.4, 0.5) is 0 Å². The predicted octanol–water partition coefficient (Wildman–Crippen LogP) is 3.92. The van der Waals surface area contributed by atoms with E-state index in [9.17, 15) is 4.79 Å². The van der Waals surface area contributed by atoms with Crippen LogP contribution in [0.15, 0.2) is 30.8 Å². The molecule has 18 heavy (non-hydrogen) atoms. The van der Waals surface area contributed by atoms with Crippen LogP contribution in [0.1, 0.15) is 49.7 Å². The molecule has 1 atom stereocenters. The summed E-state index contributed by atoms with van der Waals surface area (Å²) in [4.78, 5) is 10.8. The van der Waals surface area contributed by atoms with Crippen molar-refractivity contribution in [3.63, 3.8) is 0 Å². The van der Waals surface area contributed by atoms with Gasteiger partial charge in [0.15, 0.2) is 0 Å². The lowest BCUT2D eigenvalue weighted by Crippen LogP contribution is -2.34. The molecule has 0 radical (unpaired) electrons. The van der Waals surface area contributed by atoms with Crippen LogP contribution < -0.4 is 0 Å². The summed E-state index contributed by atoms with van der Waals surface area (Å²) in [5, 5.41) is 0. The fourth-order valence-electron chi connectivity index (χ4n) is 2.95. The molecule has 1 aliphatic carbocycles. The molecule has 0 heterocycles. The fourth-order valence-corrected chi connectivity index (χ4v) is 2.95. The van der Waals surface area contributed by atoms with E-state index < -0.39 is 0 Å². The summed E-state index contributed by atoms with van der Waals surface area (Å²) in [7, 11) is 0. The first kappa shape index (κ1) is 12.9. The van der Waals surface area contributed by atoms with Gasteiger partial charge in [-0.3, -0.25) is 4.79 Å². The van der Waals surface area contributed by atoms with Crippen LogP contribution >= 0.6 is 0 Å². The molecule has 2 nitrogen and oxygen atoms in total. The van der Waals surface area contributed by atoms with Crippen LogP contribution in [0, 0.1) is 0 Å². The van der Waals surface area contributed by atoms with Gasteiger partial charge in [-0.05, 0) is 36.8 Å². The van der Waals surface area contributed by atoms with Crippen molar-refractivity contribution in [2.75, 3.05) is 0 Å². The Morgan fingerprint density at radius 2 is 1.89 bits per heavy atom. The highest BCUT2D eigenvalue weighted by Crippen LogP contribution is 2.43. The Morgan fingerprint density at radius 3 is 2.39 bits per heavy atom. The second-order valence-electron chi connectivity index (χ2n) is 5.08. The lowest BCUT2D eigenvalue weighted by atomic mass is 9.81. The maximum absolute atomic E-state index is 10.8. The van der Waals surface area contributed by atoms with Crippen molar-refractivity contribution in [2.45, 2.75) is 44.1 Å². The second-order valence-corrected chi connectivity index (χ2v) is 5.08.